The first-order chi connectivity index (χ1) is 11.5. The average molecular weight is 330 g/mol. The van der Waals surface area contributed by atoms with Gasteiger partial charge in [-0.25, -0.2) is 4.39 Å². The van der Waals surface area contributed by atoms with E-state index in [0.29, 0.717) is 19.5 Å². The topological polar surface area (TPSA) is 49.5 Å². The molecule has 5 heteroatoms. The highest BCUT2D eigenvalue weighted by Crippen LogP contribution is 2.34. The molecule has 3 rings (SSSR count). The Kier molecular flexibility index (Phi) is 4.83. The molecule has 2 heterocycles. The zero-order valence-corrected chi connectivity index (χ0v) is 14.1. The maximum Gasteiger partial charge on any atom is 0.162 e. The molecule has 0 fully saturated rings. The summed E-state index contributed by atoms with van der Waals surface area (Å²) in [5, 5.41) is 15.2. The molecular formula is C19H23FN2O2. The minimum Gasteiger partial charge on any atom is -0.371 e. The van der Waals surface area contributed by atoms with Crippen molar-refractivity contribution < 1.29 is 14.0 Å². The van der Waals surface area contributed by atoms with Crippen LogP contribution in [0.15, 0.2) is 40.9 Å². The van der Waals surface area contributed by atoms with Crippen LogP contribution in [0.1, 0.15) is 43.2 Å². The molecule has 1 aliphatic heterocycles. The van der Waals surface area contributed by atoms with Gasteiger partial charge in [-0.05, 0) is 43.0 Å². The first-order valence-electron chi connectivity index (χ1n) is 8.39. The van der Waals surface area contributed by atoms with Crippen molar-refractivity contribution in [1.82, 2.24) is 10.1 Å². The molecule has 1 aromatic heterocycles. The van der Waals surface area contributed by atoms with E-state index in [1.165, 1.54) is 12.1 Å². The summed E-state index contributed by atoms with van der Waals surface area (Å²) < 4.78 is 18.6. The van der Waals surface area contributed by atoms with Crippen LogP contribution in [0.25, 0.3) is 5.57 Å². The highest BCUT2D eigenvalue weighted by molar-refractivity contribution is 5.62. The number of aromatic nitrogens is 1. The van der Waals surface area contributed by atoms with Crippen molar-refractivity contribution in [2.75, 3.05) is 13.1 Å². The zero-order valence-electron chi connectivity index (χ0n) is 14.1. The third kappa shape index (κ3) is 3.28. The summed E-state index contributed by atoms with van der Waals surface area (Å²) in [6.07, 6.45) is 4.29. The zero-order chi connectivity index (χ0) is 17.2. The fourth-order valence-electron chi connectivity index (χ4n) is 3.29. The van der Waals surface area contributed by atoms with Gasteiger partial charge in [-0.1, -0.05) is 36.7 Å². The predicted octanol–water partition coefficient (Wildman–Crippen LogP) is 3.86. The molecule has 0 bridgehead atoms. The number of nitrogens with zero attached hydrogens (tertiary/aromatic N) is 2. The molecule has 1 unspecified atom stereocenters. The van der Waals surface area contributed by atoms with Crippen molar-refractivity contribution in [3.63, 3.8) is 0 Å². The Balaban J connectivity index is 1.83. The average Bonchev–Trinajstić information content (AvgIpc) is 3.02. The highest BCUT2D eigenvalue weighted by Gasteiger charge is 2.36. The molecule has 0 saturated carbocycles. The molecule has 0 saturated heterocycles. The molecule has 128 valence electrons. The Bertz CT molecular complexity index is 723. The molecule has 1 atom stereocenters. The number of hydrogen-bond acceptors (Lipinski definition) is 4. The summed E-state index contributed by atoms with van der Waals surface area (Å²) in [6.45, 7) is 5.26. The second-order valence-electron chi connectivity index (χ2n) is 6.33. The van der Waals surface area contributed by atoms with Crippen LogP contribution in [-0.2, 0) is 5.72 Å². The molecule has 0 spiro atoms. The van der Waals surface area contributed by atoms with Gasteiger partial charge in [-0.2, -0.15) is 0 Å². The lowest BCUT2D eigenvalue weighted by Crippen LogP contribution is -2.48. The van der Waals surface area contributed by atoms with Gasteiger partial charge < -0.3 is 9.63 Å². The molecule has 0 amide bonds. The van der Waals surface area contributed by atoms with Gasteiger partial charge in [-0.3, -0.25) is 4.90 Å². The molecule has 1 aromatic carbocycles. The summed E-state index contributed by atoms with van der Waals surface area (Å²) in [5.41, 5.74) is 1.63. The molecule has 24 heavy (non-hydrogen) atoms. The number of aryl methyl sites for hydroxylation is 1. The van der Waals surface area contributed by atoms with Crippen LogP contribution in [-0.4, -0.2) is 28.3 Å². The van der Waals surface area contributed by atoms with Crippen molar-refractivity contribution >= 4 is 5.57 Å². The van der Waals surface area contributed by atoms with E-state index in [4.69, 9.17) is 4.52 Å². The number of hydrogen-bond donors (Lipinski definition) is 1. The summed E-state index contributed by atoms with van der Waals surface area (Å²) in [5.74, 6) is 0.507. The lowest BCUT2D eigenvalue weighted by molar-refractivity contribution is -0.118. The minimum absolute atomic E-state index is 0.292. The van der Waals surface area contributed by atoms with Crippen molar-refractivity contribution in [3.8, 4) is 0 Å². The van der Waals surface area contributed by atoms with Gasteiger partial charge in [0.15, 0.2) is 5.76 Å². The molecule has 2 aromatic rings. The van der Waals surface area contributed by atoms with Gasteiger partial charge in [0.1, 0.15) is 11.5 Å². The lowest BCUT2D eigenvalue weighted by atomic mass is 9.93. The molecular weight excluding hydrogens is 307 g/mol. The highest BCUT2D eigenvalue weighted by atomic mass is 19.1. The Labute approximate surface area is 141 Å². The van der Waals surface area contributed by atoms with E-state index in [-0.39, 0.29) is 5.82 Å². The largest absolute Gasteiger partial charge is 0.371 e. The standard InChI is InChI=1S/C19H23FN2O2/c1-3-10-19(23,16-4-6-17(20)7-5-16)22-11-8-15(9-12-22)18-13-14(2)21-24-18/h4-8,13,23H,3,9-12H2,1-2H3. The molecule has 0 aliphatic carbocycles. The van der Waals surface area contributed by atoms with E-state index in [0.717, 1.165) is 35.4 Å². The first-order valence-corrected chi connectivity index (χ1v) is 8.39. The van der Waals surface area contributed by atoms with E-state index in [2.05, 4.69) is 11.2 Å². The van der Waals surface area contributed by atoms with Crippen molar-refractivity contribution in [1.29, 1.82) is 0 Å². The smallest absolute Gasteiger partial charge is 0.162 e. The molecule has 1 N–H and O–H groups in total. The summed E-state index contributed by atoms with van der Waals surface area (Å²) in [4.78, 5) is 2.04. The van der Waals surface area contributed by atoms with Gasteiger partial charge in [0.05, 0.1) is 5.69 Å². The van der Waals surface area contributed by atoms with E-state index < -0.39 is 5.72 Å². The maximum atomic E-state index is 13.2. The third-order valence-corrected chi connectivity index (χ3v) is 4.58. The van der Waals surface area contributed by atoms with Gasteiger partial charge in [-0.15, -0.1) is 0 Å². The van der Waals surface area contributed by atoms with Crippen LogP contribution in [0.2, 0.25) is 0 Å². The molecule has 0 radical (unpaired) electrons. The molecule has 4 nitrogen and oxygen atoms in total. The number of rotatable bonds is 5. The maximum absolute atomic E-state index is 13.2. The van der Waals surface area contributed by atoms with Crippen molar-refractivity contribution in [2.45, 2.75) is 38.8 Å². The fraction of sp³-hybridized carbons (Fsp3) is 0.421. The SMILES string of the molecule is CCCC(O)(c1ccc(F)cc1)N1CC=C(c2cc(C)no2)CC1. The Morgan fingerprint density at radius 1 is 1.33 bits per heavy atom. The van der Waals surface area contributed by atoms with Crippen LogP contribution in [0.5, 0.6) is 0 Å². The van der Waals surface area contributed by atoms with Gasteiger partial charge in [0.25, 0.3) is 0 Å². The lowest BCUT2D eigenvalue weighted by Gasteiger charge is -2.41. The van der Waals surface area contributed by atoms with Crippen LogP contribution >= 0.6 is 0 Å². The summed E-state index contributed by atoms with van der Waals surface area (Å²) in [7, 11) is 0. The van der Waals surface area contributed by atoms with E-state index in [9.17, 15) is 9.50 Å². The summed E-state index contributed by atoms with van der Waals surface area (Å²) in [6, 6.07) is 8.07. The monoisotopic (exact) mass is 330 g/mol. The van der Waals surface area contributed by atoms with Crippen LogP contribution < -0.4 is 0 Å². The Morgan fingerprint density at radius 3 is 2.62 bits per heavy atom. The van der Waals surface area contributed by atoms with Crippen LogP contribution in [0.4, 0.5) is 4.39 Å². The van der Waals surface area contributed by atoms with Crippen LogP contribution in [0.3, 0.4) is 0 Å². The predicted molar refractivity (Wildman–Crippen MR) is 90.6 cm³/mol. The quantitative estimate of drug-likeness (QED) is 0.904. The van der Waals surface area contributed by atoms with Crippen LogP contribution in [0, 0.1) is 12.7 Å². The third-order valence-electron chi connectivity index (χ3n) is 4.58. The Morgan fingerprint density at radius 2 is 2.08 bits per heavy atom. The number of benzene rings is 1. The van der Waals surface area contributed by atoms with E-state index in [1.807, 2.05) is 24.8 Å². The minimum atomic E-state index is -1.08. The second kappa shape index (κ2) is 6.87. The normalized spacial score (nSPS) is 18.2. The number of halogens is 1. The van der Waals surface area contributed by atoms with Gasteiger partial charge in [0, 0.05) is 19.2 Å². The van der Waals surface area contributed by atoms with Crippen molar-refractivity contribution in [2.24, 2.45) is 0 Å². The first kappa shape index (κ1) is 16.9. The van der Waals surface area contributed by atoms with E-state index in [1.54, 1.807) is 12.1 Å². The number of aliphatic hydroxyl groups is 1. The van der Waals surface area contributed by atoms with Crippen molar-refractivity contribution in [3.05, 3.63) is 59.2 Å². The van der Waals surface area contributed by atoms with Gasteiger partial charge >= 0.3 is 0 Å². The van der Waals surface area contributed by atoms with Gasteiger partial charge in [0.2, 0.25) is 0 Å². The second-order valence-corrected chi connectivity index (χ2v) is 6.33. The summed E-state index contributed by atoms with van der Waals surface area (Å²) >= 11 is 0. The van der Waals surface area contributed by atoms with E-state index >= 15 is 0 Å². The Hall–Kier alpha value is -1.98. The fourth-order valence-corrected chi connectivity index (χ4v) is 3.29. The molecule has 1 aliphatic rings.